The number of benzene rings is 2. The maximum Gasteiger partial charge on any atom is 0.246 e. The third-order valence-corrected chi connectivity index (χ3v) is 7.90. The van der Waals surface area contributed by atoms with E-state index < -0.39 is 26.6 Å². The fourth-order valence-corrected chi connectivity index (χ4v) is 5.85. The van der Waals surface area contributed by atoms with E-state index in [-0.39, 0.29) is 24.9 Å². The molecule has 1 heterocycles. The Balaban J connectivity index is 1.42. The molecule has 2 aromatic carbocycles. The van der Waals surface area contributed by atoms with Gasteiger partial charge in [-0.1, -0.05) is 12.1 Å². The number of piperidine rings is 1. The number of nitrogens with zero attached hydrogens (tertiary/aromatic N) is 1. The molecule has 0 atom stereocenters. The Kier molecular flexibility index (Phi) is 5.88. The number of halogens is 2. The second-order valence-electron chi connectivity index (χ2n) is 7.89. The molecule has 30 heavy (non-hydrogen) atoms. The summed E-state index contributed by atoms with van der Waals surface area (Å²) in [6.45, 7) is 0.173. The van der Waals surface area contributed by atoms with E-state index in [0.717, 1.165) is 47.8 Å². The van der Waals surface area contributed by atoms with E-state index in [1.54, 1.807) is 0 Å². The molecule has 4 rings (SSSR count). The van der Waals surface area contributed by atoms with Crippen LogP contribution in [0.2, 0.25) is 0 Å². The number of nitrogens with one attached hydrogen (secondary N) is 1. The van der Waals surface area contributed by atoms with Crippen molar-refractivity contribution in [3.8, 4) is 0 Å². The summed E-state index contributed by atoms with van der Waals surface area (Å²) in [4.78, 5) is 12.1. The minimum atomic E-state index is -4.15. The molecule has 0 radical (unpaired) electrons. The molecule has 5 nitrogen and oxygen atoms in total. The second-order valence-corrected chi connectivity index (χ2v) is 9.80. The van der Waals surface area contributed by atoms with E-state index in [1.165, 1.54) is 11.1 Å². The average Bonchev–Trinajstić information content (AvgIpc) is 2.75. The highest BCUT2D eigenvalue weighted by atomic mass is 32.2. The number of anilines is 1. The number of carbonyl (C=O) groups excluding carboxylic acids is 1. The third kappa shape index (κ3) is 4.11. The number of sulfonamides is 1. The first kappa shape index (κ1) is 20.9. The SMILES string of the molecule is O=C(Nc1cccc2c1CCCC2)C1CCN(S(=O)(=O)c2cc(F)ccc2F)CC1. The van der Waals surface area contributed by atoms with Crippen molar-refractivity contribution in [2.75, 3.05) is 18.4 Å². The van der Waals surface area contributed by atoms with Gasteiger partial charge in [0.15, 0.2) is 0 Å². The smallest absolute Gasteiger partial charge is 0.246 e. The zero-order valence-corrected chi connectivity index (χ0v) is 17.4. The predicted octanol–water partition coefficient (Wildman–Crippen LogP) is 3.88. The molecule has 2 aromatic rings. The Morgan fingerprint density at radius 1 is 1.03 bits per heavy atom. The summed E-state index contributed by atoms with van der Waals surface area (Å²) in [6.07, 6.45) is 4.89. The van der Waals surface area contributed by atoms with E-state index >= 15 is 0 Å². The Labute approximate surface area is 175 Å². The molecule has 1 amide bonds. The van der Waals surface area contributed by atoms with Crippen molar-refractivity contribution >= 4 is 21.6 Å². The van der Waals surface area contributed by atoms with Crippen LogP contribution in [0.1, 0.15) is 36.8 Å². The van der Waals surface area contributed by atoms with Crippen LogP contribution in [0.3, 0.4) is 0 Å². The van der Waals surface area contributed by atoms with Crippen molar-refractivity contribution in [1.82, 2.24) is 4.31 Å². The predicted molar refractivity (Wildman–Crippen MR) is 110 cm³/mol. The monoisotopic (exact) mass is 434 g/mol. The van der Waals surface area contributed by atoms with Gasteiger partial charge in [0.05, 0.1) is 0 Å². The second kappa shape index (κ2) is 8.43. The lowest BCUT2D eigenvalue weighted by atomic mass is 9.90. The molecule has 0 spiro atoms. The highest BCUT2D eigenvalue weighted by Crippen LogP contribution is 2.30. The molecule has 1 N–H and O–H groups in total. The molecule has 0 saturated carbocycles. The summed E-state index contributed by atoms with van der Waals surface area (Å²) in [5.74, 6) is -2.24. The van der Waals surface area contributed by atoms with Crippen molar-refractivity contribution in [2.45, 2.75) is 43.4 Å². The molecule has 1 fully saturated rings. The summed E-state index contributed by atoms with van der Waals surface area (Å²) in [7, 11) is -4.15. The van der Waals surface area contributed by atoms with Gasteiger partial charge in [-0.3, -0.25) is 4.79 Å². The molecule has 8 heteroatoms. The van der Waals surface area contributed by atoms with Gasteiger partial charge in [-0.15, -0.1) is 0 Å². The van der Waals surface area contributed by atoms with Crippen LogP contribution in [-0.4, -0.2) is 31.7 Å². The summed E-state index contributed by atoms with van der Waals surface area (Å²) >= 11 is 0. The van der Waals surface area contributed by atoms with Gasteiger partial charge in [0.1, 0.15) is 16.5 Å². The summed E-state index contributed by atoms with van der Waals surface area (Å²) in [5.41, 5.74) is 3.31. The molecule has 1 aliphatic carbocycles. The summed E-state index contributed by atoms with van der Waals surface area (Å²) in [5, 5.41) is 3.03. The number of carbonyl (C=O) groups is 1. The van der Waals surface area contributed by atoms with Crippen LogP contribution in [0.5, 0.6) is 0 Å². The van der Waals surface area contributed by atoms with E-state index in [4.69, 9.17) is 0 Å². The van der Waals surface area contributed by atoms with Gasteiger partial charge in [-0.25, -0.2) is 17.2 Å². The minimum Gasteiger partial charge on any atom is -0.326 e. The van der Waals surface area contributed by atoms with Gasteiger partial charge in [0, 0.05) is 24.7 Å². The van der Waals surface area contributed by atoms with Crippen LogP contribution in [0.15, 0.2) is 41.3 Å². The molecule has 2 aliphatic rings. The van der Waals surface area contributed by atoms with Crippen LogP contribution in [0.4, 0.5) is 14.5 Å². The van der Waals surface area contributed by atoms with Crippen LogP contribution in [0, 0.1) is 17.6 Å². The number of rotatable bonds is 4. The van der Waals surface area contributed by atoms with E-state index in [0.29, 0.717) is 18.9 Å². The Bertz CT molecular complexity index is 1060. The maximum atomic E-state index is 14.0. The highest BCUT2D eigenvalue weighted by Gasteiger charge is 2.34. The Hall–Kier alpha value is -2.32. The van der Waals surface area contributed by atoms with Crippen molar-refractivity contribution in [2.24, 2.45) is 5.92 Å². The van der Waals surface area contributed by atoms with Crippen molar-refractivity contribution in [1.29, 1.82) is 0 Å². The van der Waals surface area contributed by atoms with Crippen molar-refractivity contribution in [3.05, 3.63) is 59.2 Å². The fraction of sp³-hybridized carbons (Fsp3) is 0.409. The average molecular weight is 435 g/mol. The van der Waals surface area contributed by atoms with E-state index in [1.807, 2.05) is 12.1 Å². The van der Waals surface area contributed by atoms with Crippen LogP contribution in [0.25, 0.3) is 0 Å². The molecule has 0 unspecified atom stereocenters. The molecule has 160 valence electrons. The van der Waals surface area contributed by atoms with Crippen LogP contribution in [-0.2, 0) is 27.7 Å². The van der Waals surface area contributed by atoms with Gasteiger partial charge < -0.3 is 5.32 Å². The van der Waals surface area contributed by atoms with Gasteiger partial charge in [-0.2, -0.15) is 4.31 Å². The standard InChI is InChI=1S/C22H24F2N2O3S/c23-17-8-9-19(24)21(14-17)30(28,29)26-12-10-16(11-13-26)22(27)25-20-7-3-5-15-4-1-2-6-18(15)20/h3,5,7-9,14,16H,1-2,4,6,10-13H2,(H,25,27). The van der Waals surface area contributed by atoms with Crippen LogP contribution < -0.4 is 5.32 Å². The van der Waals surface area contributed by atoms with Crippen LogP contribution >= 0.6 is 0 Å². The lowest BCUT2D eigenvalue weighted by Gasteiger charge is -2.31. The third-order valence-electron chi connectivity index (χ3n) is 5.99. The molecule has 0 bridgehead atoms. The summed E-state index contributed by atoms with van der Waals surface area (Å²) in [6, 6.07) is 8.34. The number of fused-ring (bicyclic) bond motifs is 1. The summed E-state index contributed by atoms with van der Waals surface area (Å²) < 4.78 is 53.9. The zero-order valence-electron chi connectivity index (χ0n) is 16.5. The number of amides is 1. The largest absolute Gasteiger partial charge is 0.326 e. The number of aryl methyl sites for hydroxylation is 1. The first-order chi connectivity index (χ1) is 14.4. The fourth-order valence-electron chi connectivity index (χ4n) is 4.31. The normalized spacial score (nSPS) is 18.1. The lowest BCUT2D eigenvalue weighted by Crippen LogP contribution is -2.41. The topological polar surface area (TPSA) is 66.5 Å². The van der Waals surface area contributed by atoms with Crippen molar-refractivity contribution in [3.63, 3.8) is 0 Å². The molecule has 1 saturated heterocycles. The number of hydrogen-bond acceptors (Lipinski definition) is 3. The first-order valence-electron chi connectivity index (χ1n) is 10.2. The molecular weight excluding hydrogens is 410 g/mol. The first-order valence-corrected chi connectivity index (χ1v) is 11.7. The zero-order chi connectivity index (χ0) is 21.3. The highest BCUT2D eigenvalue weighted by molar-refractivity contribution is 7.89. The molecule has 0 aromatic heterocycles. The van der Waals surface area contributed by atoms with E-state index in [9.17, 15) is 22.0 Å². The van der Waals surface area contributed by atoms with E-state index in [2.05, 4.69) is 11.4 Å². The molecular formula is C22H24F2N2O3S. The lowest BCUT2D eigenvalue weighted by molar-refractivity contribution is -0.120. The van der Waals surface area contributed by atoms with Crippen molar-refractivity contribution < 1.29 is 22.0 Å². The maximum absolute atomic E-state index is 14.0. The Morgan fingerprint density at radius 3 is 2.53 bits per heavy atom. The van der Waals surface area contributed by atoms with Gasteiger partial charge >= 0.3 is 0 Å². The Morgan fingerprint density at radius 2 is 1.77 bits per heavy atom. The van der Waals surface area contributed by atoms with Gasteiger partial charge in [0.25, 0.3) is 0 Å². The minimum absolute atomic E-state index is 0.0866. The number of hydrogen-bond donors (Lipinski definition) is 1. The van der Waals surface area contributed by atoms with Gasteiger partial charge in [-0.05, 0) is 73.9 Å². The molecule has 1 aliphatic heterocycles. The quantitative estimate of drug-likeness (QED) is 0.794. The van der Waals surface area contributed by atoms with Gasteiger partial charge in [0.2, 0.25) is 15.9 Å².